The molecule has 20 heavy (non-hydrogen) atoms. The van der Waals surface area contributed by atoms with Gasteiger partial charge in [-0.15, -0.1) is 12.4 Å². The molecule has 2 fully saturated rings. The molecule has 0 unspecified atom stereocenters. The van der Waals surface area contributed by atoms with Crippen LogP contribution in [0.25, 0.3) is 0 Å². The Labute approximate surface area is 124 Å². The maximum atomic E-state index is 13.6. The molecule has 2 aliphatic rings. The van der Waals surface area contributed by atoms with E-state index in [0.717, 1.165) is 13.0 Å². The zero-order valence-corrected chi connectivity index (χ0v) is 12.6. The fraction of sp³-hybridized carbons (Fsp3) is 0.538. The first-order chi connectivity index (χ1) is 9.08. The molecule has 112 valence electrons. The quantitative estimate of drug-likeness (QED) is 0.915. The van der Waals surface area contributed by atoms with Crippen molar-refractivity contribution >= 4 is 22.4 Å². The molecule has 1 aromatic carbocycles. The van der Waals surface area contributed by atoms with Crippen LogP contribution in [0.2, 0.25) is 0 Å². The van der Waals surface area contributed by atoms with Crippen LogP contribution in [0.5, 0.6) is 0 Å². The average Bonchev–Trinajstić information content (AvgIpc) is 2.93. The first-order valence-electron chi connectivity index (χ1n) is 6.51. The van der Waals surface area contributed by atoms with Gasteiger partial charge in [0.05, 0.1) is 5.75 Å². The lowest BCUT2D eigenvalue weighted by molar-refractivity contribution is 0.382. The summed E-state index contributed by atoms with van der Waals surface area (Å²) < 4.78 is 40.0. The highest BCUT2D eigenvalue weighted by Gasteiger charge is 2.43. The van der Waals surface area contributed by atoms with E-state index in [0.29, 0.717) is 19.0 Å². The van der Waals surface area contributed by atoms with E-state index in [2.05, 4.69) is 5.32 Å². The Hall–Kier alpha value is -0.690. The second-order valence-corrected chi connectivity index (χ2v) is 7.15. The largest absolute Gasteiger partial charge is 0.315 e. The molecule has 2 atom stereocenters. The van der Waals surface area contributed by atoms with Gasteiger partial charge in [0, 0.05) is 24.7 Å². The van der Waals surface area contributed by atoms with Gasteiger partial charge in [0.25, 0.3) is 0 Å². The Morgan fingerprint density at radius 3 is 2.80 bits per heavy atom. The lowest BCUT2D eigenvalue weighted by Crippen LogP contribution is -2.39. The Morgan fingerprint density at radius 1 is 1.30 bits per heavy atom. The third-order valence-corrected chi connectivity index (χ3v) is 5.89. The number of hydrogen-bond acceptors (Lipinski definition) is 3. The SMILES string of the molecule is Cl.O=S(=O)(Cc1ccccc1F)N1CC[C@H]2CNC[C@H]21. The Balaban J connectivity index is 0.00000147. The summed E-state index contributed by atoms with van der Waals surface area (Å²) in [7, 11) is -3.44. The zero-order chi connectivity index (χ0) is 13.5. The van der Waals surface area contributed by atoms with Crippen LogP contribution in [0.4, 0.5) is 4.39 Å². The lowest BCUT2D eigenvalue weighted by atomic mass is 10.1. The number of halogens is 2. The fourth-order valence-corrected chi connectivity index (χ4v) is 4.89. The van der Waals surface area contributed by atoms with E-state index in [1.165, 1.54) is 12.1 Å². The van der Waals surface area contributed by atoms with Gasteiger partial charge in [-0.05, 0) is 24.9 Å². The molecule has 0 radical (unpaired) electrons. The van der Waals surface area contributed by atoms with Gasteiger partial charge in [0.15, 0.2) is 0 Å². The molecular weight excluding hydrogens is 303 g/mol. The van der Waals surface area contributed by atoms with Crippen molar-refractivity contribution < 1.29 is 12.8 Å². The van der Waals surface area contributed by atoms with Crippen LogP contribution in [-0.2, 0) is 15.8 Å². The van der Waals surface area contributed by atoms with Gasteiger partial charge in [0.1, 0.15) is 5.82 Å². The standard InChI is InChI=1S/C13H17FN2O2S.ClH/c14-12-4-2-1-3-11(12)9-19(17,18)16-6-5-10-7-15-8-13(10)16;/h1-4,10,13,15H,5-9H2;1H/t10-,13+;/m0./s1. The molecular formula is C13H18ClFN2O2S. The van der Waals surface area contributed by atoms with Gasteiger partial charge in [-0.3, -0.25) is 0 Å². The number of hydrogen-bond donors (Lipinski definition) is 1. The van der Waals surface area contributed by atoms with Crippen LogP contribution < -0.4 is 5.32 Å². The van der Waals surface area contributed by atoms with E-state index in [-0.39, 0.29) is 29.8 Å². The fourth-order valence-electron chi connectivity index (χ4n) is 3.05. The van der Waals surface area contributed by atoms with E-state index >= 15 is 0 Å². The zero-order valence-electron chi connectivity index (χ0n) is 11.0. The van der Waals surface area contributed by atoms with Crippen molar-refractivity contribution in [3.8, 4) is 0 Å². The second kappa shape index (κ2) is 5.97. The van der Waals surface area contributed by atoms with Crippen molar-refractivity contribution in [2.45, 2.75) is 18.2 Å². The maximum Gasteiger partial charge on any atom is 0.218 e. The molecule has 4 nitrogen and oxygen atoms in total. The summed E-state index contributed by atoms with van der Waals surface area (Å²) in [6, 6.07) is 6.12. The highest BCUT2D eigenvalue weighted by atomic mass is 35.5. The first kappa shape index (κ1) is 15.7. The second-order valence-electron chi connectivity index (χ2n) is 5.23. The molecule has 1 N–H and O–H groups in total. The number of sulfonamides is 1. The predicted molar refractivity (Wildman–Crippen MR) is 77.7 cm³/mol. The summed E-state index contributed by atoms with van der Waals surface area (Å²) in [6.45, 7) is 2.16. The highest BCUT2D eigenvalue weighted by molar-refractivity contribution is 7.88. The number of nitrogens with zero attached hydrogens (tertiary/aromatic N) is 1. The monoisotopic (exact) mass is 320 g/mol. The van der Waals surface area contributed by atoms with Gasteiger partial charge < -0.3 is 5.32 Å². The first-order valence-corrected chi connectivity index (χ1v) is 8.12. The molecule has 2 saturated heterocycles. The van der Waals surface area contributed by atoms with Crippen LogP contribution in [0.1, 0.15) is 12.0 Å². The number of benzene rings is 1. The molecule has 0 saturated carbocycles. The Morgan fingerprint density at radius 2 is 2.05 bits per heavy atom. The number of nitrogens with one attached hydrogen (secondary N) is 1. The van der Waals surface area contributed by atoms with Crippen molar-refractivity contribution in [1.29, 1.82) is 0 Å². The topological polar surface area (TPSA) is 49.4 Å². The Bertz CT molecular complexity index is 581. The smallest absolute Gasteiger partial charge is 0.218 e. The molecule has 0 amide bonds. The minimum absolute atomic E-state index is 0. The third kappa shape index (κ3) is 2.83. The van der Waals surface area contributed by atoms with Crippen molar-refractivity contribution in [3.05, 3.63) is 35.6 Å². The summed E-state index contributed by atoms with van der Waals surface area (Å²) in [6.07, 6.45) is 0.897. The van der Waals surface area contributed by atoms with Crippen molar-refractivity contribution in [1.82, 2.24) is 9.62 Å². The highest BCUT2D eigenvalue weighted by Crippen LogP contribution is 2.30. The molecule has 0 bridgehead atoms. The summed E-state index contributed by atoms with van der Waals surface area (Å²) in [5.41, 5.74) is 0.247. The minimum atomic E-state index is -3.44. The van der Waals surface area contributed by atoms with E-state index in [9.17, 15) is 12.8 Å². The van der Waals surface area contributed by atoms with E-state index in [1.807, 2.05) is 0 Å². The van der Waals surface area contributed by atoms with Crippen LogP contribution in [0.3, 0.4) is 0 Å². The minimum Gasteiger partial charge on any atom is -0.315 e. The van der Waals surface area contributed by atoms with Crippen molar-refractivity contribution in [3.63, 3.8) is 0 Å². The van der Waals surface area contributed by atoms with Gasteiger partial charge in [-0.25, -0.2) is 12.8 Å². The van der Waals surface area contributed by atoms with Gasteiger partial charge in [0.2, 0.25) is 10.0 Å². The third-order valence-electron chi connectivity index (χ3n) is 4.05. The average molecular weight is 321 g/mol. The van der Waals surface area contributed by atoms with Crippen LogP contribution in [0.15, 0.2) is 24.3 Å². The summed E-state index contributed by atoms with van der Waals surface area (Å²) in [5.74, 6) is -0.287. The van der Waals surface area contributed by atoms with Crippen LogP contribution in [0, 0.1) is 11.7 Å². The van der Waals surface area contributed by atoms with Crippen molar-refractivity contribution in [2.24, 2.45) is 5.92 Å². The summed E-state index contributed by atoms with van der Waals surface area (Å²) in [4.78, 5) is 0. The summed E-state index contributed by atoms with van der Waals surface area (Å²) >= 11 is 0. The van der Waals surface area contributed by atoms with E-state index in [4.69, 9.17) is 0 Å². The normalized spacial score (nSPS) is 26.2. The summed E-state index contributed by atoms with van der Waals surface area (Å²) in [5, 5.41) is 3.22. The molecule has 2 heterocycles. The number of rotatable bonds is 3. The molecule has 3 rings (SSSR count). The van der Waals surface area contributed by atoms with Gasteiger partial charge in [-0.1, -0.05) is 18.2 Å². The van der Waals surface area contributed by atoms with Gasteiger partial charge in [-0.2, -0.15) is 4.31 Å². The molecule has 1 aromatic rings. The Kier molecular flexibility index (Phi) is 4.69. The van der Waals surface area contributed by atoms with Crippen LogP contribution >= 0.6 is 12.4 Å². The maximum absolute atomic E-state index is 13.6. The molecule has 0 aromatic heterocycles. The van der Waals surface area contributed by atoms with E-state index < -0.39 is 15.8 Å². The van der Waals surface area contributed by atoms with Gasteiger partial charge >= 0.3 is 0 Å². The molecule has 0 aliphatic carbocycles. The molecule has 7 heteroatoms. The molecule has 0 spiro atoms. The predicted octanol–water partition coefficient (Wildman–Crippen LogP) is 1.37. The number of fused-ring (bicyclic) bond motifs is 1. The van der Waals surface area contributed by atoms with Crippen LogP contribution in [-0.4, -0.2) is 38.4 Å². The van der Waals surface area contributed by atoms with E-state index in [1.54, 1.807) is 16.4 Å². The lowest BCUT2D eigenvalue weighted by Gasteiger charge is -2.22. The molecule has 2 aliphatic heterocycles. The van der Waals surface area contributed by atoms with Crippen molar-refractivity contribution in [2.75, 3.05) is 19.6 Å².